The maximum atomic E-state index is 13.8. The van der Waals surface area contributed by atoms with Crippen LogP contribution in [-0.2, 0) is 40.1 Å². The molecule has 0 saturated carbocycles. The zero-order chi connectivity index (χ0) is 38.0. The number of hydrogen-bond donors (Lipinski definition) is 3. The number of allylic oxidation sites excluding steroid dienone is 1. The Morgan fingerprint density at radius 2 is 1.87 bits per heavy atom. The number of rotatable bonds is 11. The summed E-state index contributed by atoms with van der Waals surface area (Å²) >= 11 is 2.48. The van der Waals surface area contributed by atoms with E-state index in [2.05, 4.69) is 20.8 Å². The number of fused-ring (bicyclic) bond motifs is 2. The van der Waals surface area contributed by atoms with Crippen molar-refractivity contribution >= 4 is 63.7 Å². The molecule has 17 nitrogen and oxygen atoms in total. The lowest BCUT2D eigenvalue weighted by molar-refractivity contribution is -0.153. The number of alkyl carbamates (subject to hydrolysis) is 1. The van der Waals surface area contributed by atoms with Crippen LogP contribution in [-0.4, -0.2) is 118 Å². The van der Waals surface area contributed by atoms with Crippen LogP contribution in [0.15, 0.2) is 58.2 Å². The average molecular weight is 769 g/mol. The van der Waals surface area contributed by atoms with Gasteiger partial charge in [0.1, 0.15) is 53.9 Å². The van der Waals surface area contributed by atoms with Gasteiger partial charge in [-0.2, -0.15) is 0 Å². The number of carbonyl (C=O) groups excluding carboxylic acids is 5. The van der Waals surface area contributed by atoms with E-state index in [4.69, 9.17) is 24.8 Å². The molecule has 4 atom stereocenters. The van der Waals surface area contributed by atoms with Gasteiger partial charge in [0, 0.05) is 24.2 Å². The van der Waals surface area contributed by atoms with Gasteiger partial charge in [0.2, 0.25) is 0 Å². The summed E-state index contributed by atoms with van der Waals surface area (Å²) in [5.41, 5.74) is 6.32. The van der Waals surface area contributed by atoms with E-state index < -0.39 is 46.9 Å². The number of nitrogens with one attached hydrogen (secondary N) is 2. The highest BCUT2D eigenvalue weighted by Crippen LogP contribution is 2.41. The molecule has 4 amide bonds. The molecule has 4 aliphatic heterocycles. The van der Waals surface area contributed by atoms with Crippen LogP contribution >= 0.6 is 23.1 Å². The van der Waals surface area contributed by atoms with Gasteiger partial charge in [-0.3, -0.25) is 24.3 Å². The molecule has 3 fully saturated rings. The summed E-state index contributed by atoms with van der Waals surface area (Å²) < 4.78 is 16.3. The van der Waals surface area contributed by atoms with E-state index in [0.717, 1.165) is 11.3 Å². The van der Waals surface area contributed by atoms with Crippen LogP contribution in [0.4, 0.5) is 9.93 Å². The van der Waals surface area contributed by atoms with Gasteiger partial charge in [-0.05, 0) is 50.5 Å². The summed E-state index contributed by atoms with van der Waals surface area (Å²) in [6, 6.07) is 4.89. The summed E-state index contributed by atoms with van der Waals surface area (Å²) in [5.74, 6) is -1.29. The van der Waals surface area contributed by atoms with Crippen molar-refractivity contribution in [3.05, 3.63) is 64.3 Å². The maximum absolute atomic E-state index is 13.8. The molecule has 4 N–H and O–H groups in total. The van der Waals surface area contributed by atoms with Crippen LogP contribution in [0.1, 0.15) is 38.4 Å². The van der Waals surface area contributed by atoms with Crippen molar-refractivity contribution in [2.75, 3.05) is 38.8 Å². The number of hydrogen-bond acceptors (Lipinski definition) is 15. The maximum Gasteiger partial charge on any atom is 0.408 e. The Labute approximate surface area is 313 Å². The third kappa shape index (κ3) is 8.11. The summed E-state index contributed by atoms with van der Waals surface area (Å²) in [6.45, 7) is 6.04. The first kappa shape index (κ1) is 37.6. The molecule has 4 aliphatic rings. The number of nitrogens with two attached hydrogens (primary N) is 1. The Hall–Kier alpha value is -5.14. The van der Waals surface area contributed by atoms with Gasteiger partial charge in [0.05, 0.1) is 13.2 Å². The molecular weight excluding hydrogens is 729 g/mol. The number of oxime groups is 1. The molecule has 2 unspecified atom stereocenters. The Morgan fingerprint density at radius 1 is 1.11 bits per heavy atom. The van der Waals surface area contributed by atoms with Crippen molar-refractivity contribution in [2.45, 2.75) is 62.9 Å². The third-order valence-corrected chi connectivity index (χ3v) is 10.6. The van der Waals surface area contributed by atoms with Gasteiger partial charge >= 0.3 is 12.1 Å². The molecule has 2 aromatic rings. The highest BCUT2D eigenvalue weighted by Gasteiger charge is 2.55. The number of β-lactam (4-membered cyclic amide) rings is 1. The average Bonchev–Trinajstić information content (AvgIpc) is 3.82. The molecule has 282 valence electrons. The summed E-state index contributed by atoms with van der Waals surface area (Å²) in [4.78, 5) is 76.9. The van der Waals surface area contributed by atoms with Crippen LogP contribution < -0.4 is 21.1 Å². The predicted molar refractivity (Wildman–Crippen MR) is 194 cm³/mol. The molecule has 0 aliphatic carbocycles. The lowest BCUT2D eigenvalue weighted by Crippen LogP contribution is -2.71. The number of thiazole rings is 1. The van der Waals surface area contributed by atoms with Crippen LogP contribution in [0.3, 0.4) is 0 Å². The van der Waals surface area contributed by atoms with Crippen molar-refractivity contribution in [3.63, 3.8) is 0 Å². The van der Waals surface area contributed by atoms with Gasteiger partial charge in [-0.1, -0.05) is 29.4 Å². The van der Waals surface area contributed by atoms with E-state index in [1.54, 1.807) is 68.6 Å². The van der Waals surface area contributed by atoms with Gasteiger partial charge in [-0.25, -0.2) is 19.6 Å². The van der Waals surface area contributed by atoms with Gasteiger partial charge in [0.15, 0.2) is 10.8 Å². The fraction of sp³-hybridized carbons (Fsp3) is 0.441. The largest absolute Gasteiger partial charge is 0.497 e. The number of methoxy groups -OCH3 is 1. The lowest BCUT2D eigenvalue weighted by atomic mass is 10.0. The minimum Gasteiger partial charge on any atom is -0.497 e. The highest BCUT2D eigenvalue weighted by atomic mass is 32.2. The Balaban J connectivity index is 1.21. The molecular formula is C34H40N8O9S2. The summed E-state index contributed by atoms with van der Waals surface area (Å²) in [5, 5.41) is 13.8. The van der Waals surface area contributed by atoms with E-state index in [9.17, 15) is 24.0 Å². The normalized spacial score (nSPS) is 23.1. The minimum absolute atomic E-state index is 0.0409. The highest BCUT2D eigenvalue weighted by molar-refractivity contribution is 8.00. The second-order valence-electron chi connectivity index (χ2n) is 13.4. The fourth-order valence-electron chi connectivity index (χ4n) is 6.21. The first-order valence-electron chi connectivity index (χ1n) is 16.6. The van der Waals surface area contributed by atoms with Gasteiger partial charge in [0.25, 0.3) is 17.7 Å². The van der Waals surface area contributed by atoms with Crippen molar-refractivity contribution in [3.8, 4) is 5.75 Å². The van der Waals surface area contributed by atoms with Crippen molar-refractivity contribution in [2.24, 2.45) is 5.16 Å². The number of carbonyl (C=O) groups is 5. The number of amides is 4. The first-order chi connectivity index (χ1) is 25.3. The number of anilines is 1. The molecule has 6 rings (SSSR count). The zero-order valence-electron chi connectivity index (χ0n) is 29.7. The third-order valence-electron chi connectivity index (χ3n) is 8.60. The van der Waals surface area contributed by atoms with E-state index in [1.807, 2.05) is 11.1 Å². The van der Waals surface area contributed by atoms with Crippen molar-refractivity contribution < 1.29 is 43.0 Å². The molecule has 1 aromatic heterocycles. The van der Waals surface area contributed by atoms with E-state index in [0.29, 0.717) is 42.1 Å². The van der Waals surface area contributed by atoms with E-state index in [-0.39, 0.29) is 40.8 Å². The predicted octanol–water partition coefficient (Wildman–Crippen LogP) is 1.76. The molecule has 0 bridgehead atoms. The second-order valence-corrected chi connectivity index (χ2v) is 15.4. The standard InChI is InChI=1S/C34H40N8O9S2/c1-34(2,3)51-33(47)37-22-14-40-13-12-20(42(40)28(22)44)9-8-19-16-52-30-25(38-27(43)24(39-49-5)23-17-53-32(35)36-23)29(45)41(30)26(19)31(46)50-15-18-6-10-21(48-4)11-7-18/h6-11,17,20,22,25,30H,12-16H2,1-5H3,(H2,35,36)(H,37,47)(H,38,43)/b9-8+,39-24-/t20?,22?,25-,30-/m1/s1. The smallest absolute Gasteiger partial charge is 0.408 e. The van der Waals surface area contributed by atoms with Gasteiger partial charge in [-0.15, -0.1) is 23.1 Å². The lowest BCUT2D eigenvalue weighted by Gasteiger charge is -2.49. The number of benzene rings is 1. The van der Waals surface area contributed by atoms with Crippen LogP contribution in [0.5, 0.6) is 5.75 Å². The summed E-state index contributed by atoms with van der Waals surface area (Å²) in [7, 11) is 2.83. The number of aromatic nitrogens is 1. The second kappa shape index (κ2) is 15.5. The molecule has 3 saturated heterocycles. The van der Waals surface area contributed by atoms with Crippen LogP contribution in [0, 0.1) is 0 Å². The molecule has 19 heteroatoms. The molecule has 1 aromatic carbocycles. The number of nitrogens with zero attached hydrogens (tertiary/aromatic N) is 5. The number of hydrazine groups is 1. The fourth-order valence-corrected chi connectivity index (χ4v) is 8.08. The first-order valence-corrected chi connectivity index (χ1v) is 18.6. The number of thioether (sulfide) groups is 1. The SMILES string of the molecule is CO/N=C(\C(=O)N[C@@H]1C(=O)N2C(C(=O)OCc3ccc(OC)cc3)=C(/C=C/C3CCN4CC(NC(=O)OC(C)(C)C)C(=O)N34)CS[C@H]12)c1csc(N)n1. The molecule has 0 radical (unpaired) electrons. The summed E-state index contributed by atoms with van der Waals surface area (Å²) in [6.07, 6.45) is 3.50. The zero-order valence-corrected chi connectivity index (χ0v) is 31.3. The molecule has 5 heterocycles. The van der Waals surface area contributed by atoms with Gasteiger partial charge < -0.3 is 35.4 Å². The van der Waals surface area contributed by atoms with E-state index in [1.165, 1.54) is 23.8 Å². The Morgan fingerprint density at radius 3 is 2.53 bits per heavy atom. The molecule has 0 spiro atoms. The number of esters is 1. The quantitative estimate of drug-likeness (QED) is 0.129. The Kier molecular flexibility index (Phi) is 11.0. The Bertz CT molecular complexity index is 1870. The topological polar surface area (TPSA) is 207 Å². The van der Waals surface area contributed by atoms with Crippen molar-refractivity contribution in [1.29, 1.82) is 0 Å². The van der Waals surface area contributed by atoms with Crippen molar-refractivity contribution in [1.82, 2.24) is 30.5 Å². The molecule has 53 heavy (non-hydrogen) atoms. The van der Waals surface area contributed by atoms with Crippen LogP contribution in [0.2, 0.25) is 0 Å². The van der Waals surface area contributed by atoms with Crippen LogP contribution in [0.25, 0.3) is 0 Å². The minimum atomic E-state index is -0.986. The monoisotopic (exact) mass is 768 g/mol. The van der Waals surface area contributed by atoms with E-state index >= 15 is 0 Å². The number of ether oxygens (including phenoxy) is 3. The number of nitrogen functional groups attached to an aromatic ring is 1.